The molecule has 2 aliphatic rings. The van der Waals surface area contributed by atoms with Crippen LogP contribution in [0.1, 0.15) is 58.8 Å². The third kappa shape index (κ3) is 7.84. The molecule has 1 saturated carbocycles. The van der Waals surface area contributed by atoms with E-state index < -0.39 is 99.3 Å². The van der Waals surface area contributed by atoms with Gasteiger partial charge in [0.2, 0.25) is 5.91 Å². The zero-order chi connectivity index (χ0) is 46.7. The standard InChI is InChI=1S/C42H31ClF9N9O3S/c1-59-35-29(10-9-25(43)33(35)38(57-59)58-65(2,3)64)61-39(55-27-14-19(7-8-22(27)40(61)63)26-5-4-6-30(53-26)42(50,51)52)28(13-18-11-20(44)15-21(45)12-18)54-31(62)17-60-36-32(34(56-60)37(46)47)23-16-24(23)41(36,48)49/h4-12,14-15,23-24,28,37H,2,13,16-17H2,1,3H3,(H,54,62)(H,57,58,64)/t23-,24+,28?,65?/m0/s1. The predicted octanol–water partition coefficient (Wildman–Crippen LogP) is 8.40. The number of nitrogens with zero attached hydrogens (tertiary/aromatic N) is 7. The van der Waals surface area contributed by atoms with E-state index in [0.717, 1.165) is 28.8 Å². The SMILES string of the molecule is C=S(C)(=O)Nc1nn(C)c2c(-n3c(C(Cc4cc(F)cc(F)c4)NC(=O)Cn4nc(C(F)F)c5c4C(F)(F)[C@@H]4C[C@H]54)nc4cc(-c5cccc(C(F)(F)F)n5)ccc4c3=O)ccc(Cl)c12. The maximum absolute atomic E-state index is 15.5. The average molecular weight is 948 g/mol. The summed E-state index contributed by atoms with van der Waals surface area (Å²) in [4.78, 5) is 37.7. The number of aromatic nitrogens is 7. The first-order valence-corrected chi connectivity index (χ1v) is 21.9. The number of nitrogens with one attached hydrogen (secondary N) is 2. The molecule has 4 heterocycles. The van der Waals surface area contributed by atoms with Crippen LogP contribution in [0.2, 0.25) is 5.02 Å². The van der Waals surface area contributed by atoms with Crippen molar-refractivity contribution in [2.24, 2.45) is 13.0 Å². The van der Waals surface area contributed by atoms with Crippen LogP contribution in [0.5, 0.6) is 0 Å². The van der Waals surface area contributed by atoms with Crippen molar-refractivity contribution in [2.45, 2.75) is 49.9 Å². The fourth-order valence-electron chi connectivity index (χ4n) is 8.52. The van der Waals surface area contributed by atoms with Gasteiger partial charge in [-0.3, -0.25) is 28.2 Å². The molecule has 0 saturated heterocycles. The minimum atomic E-state index is -4.81. The number of pyridine rings is 1. The number of hydrogen-bond acceptors (Lipinski definition) is 7. The molecular formula is C42H31ClF9N9O3S. The Morgan fingerprint density at radius 1 is 1.03 bits per heavy atom. The van der Waals surface area contributed by atoms with Gasteiger partial charge in [0.05, 0.1) is 44.3 Å². The maximum Gasteiger partial charge on any atom is 0.433 e. The number of alkyl halides is 7. The number of aryl methyl sites for hydroxylation is 1. The van der Waals surface area contributed by atoms with Crippen LogP contribution in [-0.2, 0) is 46.6 Å². The topological polar surface area (TPSA) is 142 Å². The van der Waals surface area contributed by atoms with Crippen molar-refractivity contribution in [3.63, 3.8) is 0 Å². The summed E-state index contributed by atoms with van der Waals surface area (Å²) >= 11 is 6.67. The van der Waals surface area contributed by atoms with Crippen LogP contribution in [0.25, 0.3) is 38.8 Å². The summed E-state index contributed by atoms with van der Waals surface area (Å²) in [5.41, 5.74) is -4.40. The van der Waals surface area contributed by atoms with E-state index in [1.54, 1.807) is 0 Å². The molecule has 2 unspecified atom stereocenters. The summed E-state index contributed by atoms with van der Waals surface area (Å²) in [5, 5.41) is 10.8. The third-order valence-corrected chi connectivity index (χ3v) is 12.1. The molecule has 1 amide bonds. The number of fused-ring (bicyclic) bond motifs is 5. The van der Waals surface area contributed by atoms with Crippen LogP contribution in [0, 0.1) is 17.6 Å². The molecule has 2 aliphatic carbocycles. The zero-order valence-electron chi connectivity index (χ0n) is 33.5. The molecule has 23 heteroatoms. The summed E-state index contributed by atoms with van der Waals surface area (Å²) < 4.78 is 148. The number of carbonyl (C=O) groups is 1. The van der Waals surface area contributed by atoms with Gasteiger partial charge in [-0.05, 0) is 72.3 Å². The number of anilines is 1. The molecule has 9 rings (SSSR count). The van der Waals surface area contributed by atoms with Crippen molar-refractivity contribution in [3.8, 4) is 16.9 Å². The number of rotatable bonds is 11. The van der Waals surface area contributed by atoms with Gasteiger partial charge >= 0.3 is 6.18 Å². The maximum atomic E-state index is 15.5. The molecule has 7 aromatic rings. The molecule has 0 bridgehead atoms. The molecule has 0 aliphatic heterocycles. The van der Waals surface area contributed by atoms with Gasteiger partial charge in [0.1, 0.15) is 41.1 Å². The van der Waals surface area contributed by atoms with E-state index in [1.807, 2.05) is 0 Å². The van der Waals surface area contributed by atoms with Gasteiger partial charge in [-0.15, -0.1) is 0 Å². The summed E-state index contributed by atoms with van der Waals surface area (Å²) in [6.07, 6.45) is -7.36. The molecule has 65 heavy (non-hydrogen) atoms. The highest BCUT2D eigenvalue weighted by Gasteiger charge is 2.67. The van der Waals surface area contributed by atoms with E-state index >= 15 is 13.6 Å². The molecular weight excluding hydrogens is 917 g/mol. The highest BCUT2D eigenvalue weighted by atomic mass is 35.5. The number of halogens is 10. The molecule has 338 valence electrons. The van der Waals surface area contributed by atoms with E-state index in [0.29, 0.717) is 10.7 Å². The lowest BCUT2D eigenvalue weighted by Crippen LogP contribution is -2.38. The molecule has 0 spiro atoms. The Labute approximate surface area is 366 Å². The summed E-state index contributed by atoms with van der Waals surface area (Å²) in [5.74, 6) is -5.71. The smallest absolute Gasteiger partial charge is 0.344 e. The summed E-state index contributed by atoms with van der Waals surface area (Å²) in [7, 11) is -1.52. The second-order valence-electron chi connectivity index (χ2n) is 15.9. The van der Waals surface area contributed by atoms with Crippen molar-refractivity contribution < 1.29 is 48.5 Å². The van der Waals surface area contributed by atoms with E-state index in [-0.39, 0.29) is 73.0 Å². The Hall–Kier alpha value is -6.42. The second-order valence-corrected chi connectivity index (χ2v) is 18.5. The second kappa shape index (κ2) is 15.4. The normalized spacial score (nSPS) is 17.9. The molecule has 2 N–H and O–H groups in total. The van der Waals surface area contributed by atoms with E-state index in [9.17, 15) is 39.7 Å². The lowest BCUT2D eigenvalue weighted by Gasteiger charge is -2.24. The molecule has 12 nitrogen and oxygen atoms in total. The van der Waals surface area contributed by atoms with Crippen LogP contribution >= 0.6 is 11.6 Å². The quantitative estimate of drug-likeness (QED) is 0.0981. The number of benzene rings is 3. The minimum absolute atomic E-state index is 0.0112. The van der Waals surface area contributed by atoms with E-state index in [4.69, 9.17) is 16.6 Å². The van der Waals surface area contributed by atoms with Crippen molar-refractivity contribution >= 4 is 60.7 Å². The van der Waals surface area contributed by atoms with E-state index in [1.165, 1.54) is 54.4 Å². The minimum Gasteiger partial charge on any atom is -0.344 e. The van der Waals surface area contributed by atoms with Gasteiger partial charge in [0.25, 0.3) is 17.9 Å². The first-order valence-electron chi connectivity index (χ1n) is 19.4. The van der Waals surface area contributed by atoms with Crippen molar-refractivity contribution in [1.82, 2.24) is 39.4 Å². The molecule has 3 aromatic carbocycles. The number of amides is 1. The first kappa shape index (κ1) is 43.8. The lowest BCUT2D eigenvalue weighted by molar-refractivity contribution is -0.141. The Morgan fingerprint density at radius 2 is 1.75 bits per heavy atom. The van der Waals surface area contributed by atoms with Gasteiger partial charge in [-0.25, -0.2) is 31.7 Å². The monoisotopic (exact) mass is 947 g/mol. The van der Waals surface area contributed by atoms with E-state index in [2.05, 4.69) is 31.1 Å². The van der Waals surface area contributed by atoms with Gasteiger partial charge in [-0.1, -0.05) is 23.7 Å². The van der Waals surface area contributed by atoms with Crippen LogP contribution in [0.3, 0.4) is 0 Å². The van der Waals surface area contributed by atoms with Gasteiger partial charge in [-0.2, -0.15) is 32.1 Å². The average Bonchev–Trinajstić information content (AvgIpc) is 3.75. The number of carbonyl (C=O) groups excluding carboxylic acids is 1. The van der Waals surface area contributed by atoms with Gasteiger partial charge in [0.15, 0.2) is 5.82 Å². The Bertz CT molecular complexity index is 3300. The third-order valence-electron chi connectivity index (χ3n) is 11.2. The molecule has 4 aromatic heterocycles. The lowest BCUT2D eigenvalue weighted by atomic mass is 10.0. The van der Waals surface area contributed by atoms with Crippen molar-refractivity contribution in [2.75, 3.05) is 11.0 Å². The van der Waals surface area contributed by atoms with Crippen LogP contribution in [0.15, 0.2) is 71.5 Å². The van der Waals surface area contributed by atoms with Crippen LogP contribution in [0.4, 0.5) is 45.3 Å². The summed E-state index contributed by atoms with van der Waals surface area (Å²) in [6, 6.07) is 10.6. The summed E-state index contributed by atoms with van der Waals surface area (Å²) in [6.45, 7) is -1.05. The van der Waals surface area contributed by atoms with Gasteiger partial charge in [0, 0.05) is 52.5 Å². The number of hydrogen-bond donors (Lipinski definition) is 2. The Kier molecular flexibility index (Phi) is 10.3. The Balaban J connectivity index is 1.26. The molecule has 1 fully saturated rings. The fraction of sp³-hybridized carbons (Fsp3) is 0.262. The van der Waals surface area contributed by atoms with Crippen LogP contribution in [-0.4, -0.2) is 56.3 Å². The predicted molar refractivity (Wildman–Crippen MR) is 223 cm³/mol. The van der Waals surface area contributed by atoms with Crippen LogP contribution < -0.4 is 15.6 Å². The fourth-order valence-corrected chi connectivity index (χ4v) is 9.32. The molecule has 0 radical (unpaired) electrons. The zero-order valence-corrected chi connectivity index (χ0v) is 35.1. The highest BCUT2D eigenvalue weighted by molar-refractivity contribution is 8.00. The Morgan fingerprint density at radius 3 is 2.43 bits per heavy atom. The van der Waals surface area contributed by atoms with Gasteiger partial charge < -0.3 is 5.32 Å². The van der Waals surface area contributed by atoms with Crippen molar-refractivity contribution in [3.05, 3.63) is 128 Å². The first-order chi connectivity index (χ1) is 30.5. The molecule has 4 atom stereocenters. The highest BCUT2D eigenvalue weighted by Crippen LogP contribution is 2.68. The largest absolute Gasteiger partial charge is 0.433 e. The van der Waals surface area contributed by atoms with Crippen molar-refractivity contribution in [1.29, 1.82) is 0 Å².